The standard InChI is InChI=1S/C12H18N4S/c1-3-5-8(13-4-2)11-14-9-6-7-10(17)15-12(9)16-11/h6-8,13H,3-5H2,1-2H3,(H2,14,15,16,17). The maximum absolute atomic E-state index is 5.09. The Morgan fingerprint density at radius 2 is 2.18 bits per heavy atom. The van der Waals surface area contributed by atoms with E-state index in [9.17, 15) is 0 Å². The molecule has 0 fully saturated rings. The number of hydrogen-bond acceptors (Lipinski definition) is 3. The number of fused-ring (bicyclic) bond motifs is 1. The molecule has 1 unspecified atom stereocenters. The second-order valence-corrected chi connectivity index (χ2v) is 4.55. The molecule has 0 amide bonds. The summed E-state index contributed by atoms with van der Waals surface area (Å²) in [6, 6.07) is 4.14. The van der Waals surface area contributed by atoms with Gasteiger partial charge in [0.15, 0.2) is 5.65 Å². The average Bonchev–Trinajstić information content (AvgIpc) is 2.71. The molecule has 0 aliphatic rings. The van der Waals surface area contributed by atoms with Gasteiger partial charge in [-0.3, -0.25) is 0 Å². The van der Waals surface area contributed by atoms with Gasteiger partial charge in [-0.1, -0.05) is 32.5 Å². The number of imidazole rings is 1. The van der Waals surface area contributed by atoms with E-state index in [-0.39, 0.29) is 0 Å². The smallest absolute Gasteiger partial charge is 0.156 e. The Morgan fingerprint density at radius 1 is 1.35 bits per heavy atom. The average molecular weight is 250 g/mol. The Balaban J connectivity index is 2.36. The molecular weight excluding hydrogens is 232 g/mol. The van der Waals surface area contributed by atoms with E-state index in [4.69, 9.17) is 12.2 Å². The zero-order valence-electron chi connectivity index (χ0n) is 10.2. The van der Waals surface area contributed by atoms with Gasteiger partial charge in [0.05, 0.1) is 11.6 Å². The number of aromatic nitrogens is 3. The van der Waals surface area contributed by atoms with Crippen molar-refractivity contribution in [2.24, 2.45) is 0 Å². The number of nitrogens with one attached hydrogen (secondary N) is 3. The lowest BCUT2D eigenvalue weighted by atomic mass is 10.1. The highest BCUT2D eigenvalue weighted by molar-refractivity contribution is 7.71. The monoisotopic (exact) mass is 250 g/mol. The number of nitrogens with zero attached hydrogens (tertiary/aromatic N) is 1. The number of H-pyrrole nitrogens is 2. The molecule has 0 aromatic carbocycles. The van der Waals surface area contributed by atoms with Gasteiger partial charge >= 0.3 is 0 Å². The van der Waals surface area contributed by atoms with Gasteiger partial charge in [0, 0.05) is 0 Å². The van der Waals surface area contributed by atoms with Crippen LogP contribution in [-0.4, -0.2) is 21.5 Å². The lowest BCUT2D eigenvalue weighted by Gasteiger charge is -2.13. The van der Waals surface area contributed by atoms with Crippen molar-refractivity contribution in [2.45, 2.75) is 32.7 Å². The summed E-state index contributed by atoms with van der Waals surface area (Å²) in [5, 5.41) is 3.44. The first-order valence-electron chi connectivity index (χ1n) is 6.07. The molecule has 0 bridgehead atoms. The second kappa shape index (κ2) is 5.42. The molecule has 5 heteroatoms. The zero-order valence-corrected chi connectivity index (χ0v) is 11.0. The quantitative estimate of drug-likeness (QED) is 0.715. The van der Waals surface area contributed by atoms with Gasteiger partial charge < -0.3 is 15.3 Å². The SMILES string of the molecule is CCCC(NCC)c1nc2[nH]c(=S)ccc2[nH]1. The van der Waals surface area contributed by atoms with Gasteiger partial charge in [-0.2, -0.15) is 0 Å². The third-order valence-corrected chi connectivity index (χ3v) is 2.99. The molecule has 0 saturated carbocycles. The minimum Gasteiger partial charge on any atom is -0.339 e. The van der Waals surface area contributed by atoms with E-state index in [2.05, 4.69) is 34.1 Å². The maximum Gasteiger partial charge on any atom is 0.156 e. The topological polar surface area (TPSA) is 56.5 Å². The van der Waals surface area contributed by atoms with E-state index in [0.717, 1.165) is 36.4 Å². The van der Waals surface area contributed by atoms with Crippen LogP contribution in [0.1, 0.15) is 38.6 Å². The van der Waals surface area contributed by atoms with E-state index in [1.165, 1.54) is 0 Å². The van der Waals surface area contributed by atoms with E-state index < -0.39 is 0 Å². The van der Waals surface area contributed by atoms with Gasteiger partial charge in [-0.05, 0) is 25.1 Å². The fourth-order valence-corrected chi connectivity index (χ4v) is 2.14. The highest BCUT2D eigenvalue weighted by Crippen LogP contribution is 2.18. The first-order valence-corrected chi connectivity index (χ1v) is 6.47. The summed E-state index contributed by atoms with van der Waals surface area (Å²) < 4.78 is 0.714. The van der Waals surface area contributed by atoms with Crippen LogP contribution in [0, 0.1) is 4.64 Å². The Bertz CT molecular complexity index is 537. The van der Waals surface area contributed by atoms with Crippen LogP contribution in [0.5, 0.6) is 0 Å². The molecule has 2 aromatic rings. The van der Waals surface area contributed by atoms with Gasteiger partial charge in [-0.15, -0.1) is 0 Å². The summed E-state index contributed by atoms with van der Waals surface area (Å²) in [5.74, 6) is 0.987. The summed E-state index contributed by atoms with van der Waals surface area (Å²) in [5.41, 5.74) is 1.85. The molecule has 0 aliphatic heterocycles. The fraction of sp³-hybridized carbons (Fsp3) is 0.500. The molecule has 0 radical (unpaired) electrons. The molecular formula is C12H18N4S. The number of pyridine rings is 1. The largest absolute Gasteiger partial charge is 0.339 e. The molecule has 17 heavy (non-hydrogen) atoms. The van der Waals surface area contributed by atoms with E-state index in [1.54, 1.807) is 0 Å². The molecule has 0 aliphatic carbocycles. The molecule has 0 saturated heterocycles. The maximum atomic E-state index is 5.09. The first-order chi connectivity index (χ1) is 8.24. The summed E-state index contributed by atoms with van der Waals surface area (Å²) in [6.07, 6.45) is 2.21. The second-order valence-electron chi connectivity index (χ2n) is 4.11. The highest BCUT2D eigenvalue weighted by Gasteiger charge is 2.13. The molecule has 4 nitrogen and oxygen atoms in total. The Hall–Kier alpha value is -1.20. The van der Waals surface area contributed by atoms with E-state index >= 15 is 0 Å². The van der Waals surface area contributed by atoms with Crippen LogP contribution in [0.4, 0.5) is 0 Å². The summed E-state index contributed by atoms with van der Waals surface area (Å²) in [4.78, 5) is 11.0. The predicted octanol–water partition coefficient (Wildman–Crippen LogP) is 3.07. The Morgan fingerprint density at radius 3 is 2.88 bits per heavy atom. The minimum absolute atomic E-state index is 0.291. The Kier molecular flexibility index (Phi) is 3.91. The van der Waals surface area contributed by atoms with Crippen LogP contribution >= 0.6 is 12.2 Å². The summed E-state index contributed by atoms with van der Waals surface area (Å²) >= 11 is 5.09. The molecule has 2 aromatic heterocycles. The van der Waals surface area contributed by atoms with Gasteiger partial charge in [-0.25, -0.2) is 4.98 Å². The van der Waals surface area contributed by atoms with Crippen LogP contribution in [0.3, 0.4) is 0 Å². The lowest BCUT2D eigenvalue weighted by Crippen LogP contribution is -2.21. The third kappa shape index (κ3) is 2.73. The first kappa shape index (κ1) is 12.3. The molecule has 92 valence electrons. The van der Waals surface area contributed by atoms with Crippen molar-refractivity contribution >= 4 is 23.4 Å². The van der Waals surface area contributed by atoms with Crippen LogP contribution in [0.15, 0.2) is 12.1 Å². The van der Waals surface area contributed by atoms with E-state index in [1.807, 2.05) is 12.1 Å². The fourth-order valence-electron chi connectivity index (χ4n) is 1.97. The van der Waals surface area contributed by atoms with Crippen LogP contribution in [0.2, 0.25) is 0 Å². The number of aromatic amines is 2. The number of hydrogen-bond donors (Lipinski definition) is 3. The predicted molar refractivity (Wildman–Crippen MR) is 72.6 cm³/mol. The Labute approximate surface area is 106 Å². The zero-order chi connectivity index (χ0) is 12.3. The molecule has 3 N–H and O–H groups in total. The van der Waals surface area contributed by atoms with Crippen molar-refractivity contribution in [3.63, 3.8) is 0 Å². The van der Waals surface area contributed by atoms with Gasteiger partial charge in [0.25, 0.3) is 0 Å². The van der Waals surface area contributed by atoms with Crippen LogP contribution < -0.4 is 5.32 Å². The van der Waals surface area contributed by atoms with E-state index in [0.29, 0.717) is 10.7 Å². The van der Waals surface area contributed by atoms with Crippen molar-refractivity contribution in [3.8, 4) is 0 Å². The van der Waals surface area contributed by atoms with Crippen molar-refractivity contribution < 1.29 is 0 Å². The van der Waals surface area contributed by atoms with Crippen molar-refractivity contribution in [1.29, 1.82) is 0 Å². The van der Waals surface area contributed by atoms with Gasteiger partial charge in [0.1, 0.15) is 10.5 Å². The molecule has 1 atom stereocenters. The molecule has 0 spiro atoms. The normalized spacial score (nSPS) is 13.1. The highest BCUT2D eigenvalue weighted by atomic mass is 32.1. The summed E-state index contributed by atoms with van der Waals surface area (Å²) in [7, 11) is 0. The summed E-state index contributed by atoms with van der Waals surface area (Å²) in [6.45, 7) is 5.23. The van der Waals surface area contributed by atoms with Crippen LogP contribution in [-0.2, 0) is 0 Å². The van der Waals surface area contributed by atoms with Gasteiger partial charge in [0.2, 0.25) is 0 Å². The molecule has 2 rings (SSSR count). The molecule has 2 heterocycles. The minimum atomic E-state index is 0.291. The number of rotatable bonds is 5. The van der Waals surface area contributed by atoms with Crippen molar-refractivity contribution in [1.82, 2.24) is 20.3 Å². The third-order valence-electron chi connectivity index (χ3n) is 2.75. The van der Waals surface area contributed by atoms with Crippen molar-refractivity contribution in [2.75, 3.05) is 6.54 Å². The van der Waals surface area contributed by atoms with Crippen LogP contribution in [0.25, 0.3) is 11.2 Å². The lowest BCUT2D eigenvalue weighted by molar-refractivity contribution is 0.490. The van der Waals surface area contributed by atoms with Crippen molar-refractivity contribution in [3.05, 3.63) is 22.6 Å².